The average Bonchev–Trinajstić information content (AvgIpc) is 3.34. The van der Waals surface area contributed by atoms with Crippen LogP contribution in [0.25, 0.3) is 0 Å². The standard InChI is InChI=1S/C24H27N3O3S/c25-13-17-1-3-20-19(11-17)14-27-22(20)12-18-2-4-23(24-21(18)7-10-31(24,28)29)30-15-16-5-8-26-9-6-16/h1-4,11,16,22,26-27H,5-10,12,14-15H2. The van der Waals surface area contributed by atoms with Gasteiger partial charge in [0.25, 0.3) is 0 Å². The van der Waals surface area contributed by atoms with Crippen molar-refractivity contribution < 1.29 is 13.2 Å². The predicted octanol–water partition coefficient (Wildman–Crippen LogP) is 2.65. The van der Waals surface area contributed by atoms with Crippen LogP contribution in [0.4, 0.5) is 0 Å². The van der Waals surface area contributed by atoms with Gasteiger partial charge in [0.05, 0.1) is 24.0 Å². The zero-order chi connectivity index (χ0) is 21.4. The largest absolute Gasteiger partial charge is 0.492 e. The molecule has 3 heterocycles. The summed E-state index contributed by atoms with van der Waals surface area (Å²) in [6, 6.07) is 12.0. The van der Waals surface area contributed by atoms with Crippen molar-refractivity contribution in [3.8, 4) is 11.8 Å². The van der Waals surface area contributed by atoms with Crippen molar-refractivity contribution in [3.63, 3.8) is 0 Å². The average molecular weight is 438 g/mol. The Morgan fingerprint density at radius 3 is 2.81 bits per heavy atom. The summed E-state index contributed by atoms with van der Waals surface area (Å²) in [4.78, 5) is 0.414. The van der Waals surface area contributed by atoms with Crippen LogP contribution >= 0.6 is 0 Å². The maximum absolute atomic E-state index is 12.8. The molecule has 162 valence electrons. The Hall–Kier alpha value is -2.40. The van der Waals surface area contributed by atoms with Crippen LogP contribution in [0.5, 0.6) is 5.75 Å². The lowest BCUT2D eigenvalue weighted by Gasteiger charge is -2.23. The summed E-state index contributed by atoms with van der Waals surface area (Å²) >= 11 is 0. The molecule has 6 nitrogen and oxygen atoms in total. The summed E-state index contributed by atoms with van der Waals surface area (Å²) in [7, 11) is -3.31. The van der Waals surface area contributed by atoms with E-state index in [0.717, 1.165) is 55.6 Å². The lowest BCUT2D eigenvalue weighted by atomic mass is 9.94. The third-order valence-corrected chi connectivity index (χ3v) is 8.61. The zero-order valence-corrected chi connectivity index (χ0v) is 18.3. The first-order valence-corrected chi connectivity index (χ1v) is 12.7. The molecule has 0 radical (unpaired) electrons. The van der Waals surface area contributed by atoms with Crippen molar-refractivity contribution in [3.05, 3.63) is 58.1 Å². The fourth-order valence-corrected chi connectivity index (χ4v) is 6.79. The highest BCUT2D eigenvalue weighted by Gasteiger charge is 2.34. The van der Waals surface area contributed by atoms with Gasteiger partial charge in [-0.15, -0.1) is 0 Å². The van der Waals surface area contributed by atoms with Gasteiger partial charge in [-0.1, -0.05) is 12.1 Å². The van der Waals surface area contributed by atoms with E-state index in [0.29, 0.717) is 35.2 Å². The number of rotatable bonds is 5. The molecule has 0 saturated carbocycles. The Labute approximate surface area is 183 Å². The molecule has 3 aliphatic heterocycles. The van der Waals surface area contributed by atoms with Crippen LogP contribution in [0, 0.1) is 17.2 Å². The van der Waals surface area contributed by atoms with E-state index in [1.54, 1.807) is 0 Å². The topological polar surface area (TPSA) is 91.2 Å². The van der Waals surface area contributed by atoms with Crippen LogP contribution in [0.3, 0.4) is 0 Å². The molecule has 1 unspecified atom stereocenters. The monoisotopic (exact) mass is 437 g/mol. The number of nitrogens with one attached hydrogen (secondary N) is 2. The Morgan fingerprint density at radius 1 is 1.16 bits per heavy atom. The van der Waals surface area contributed by atoms with Crippen molar-refractivity contribution in [1.29, 1.82) is 5.26 Å². The number of piperidine rings is 1. The van der Waals surface area contributed by atoms with Gasteiger partial charge in [-0.2, -0.15) is 5.26 Å². The smallest absolute Gasteiger partial charge is 0.182 e. The van der Waals surface area contributed by atoms with Crippen LogP contribution in [0.15, 0.2) is 35.2 Å². The minimum Gasteiger partial charge on any atom is -0.492 e. The Bertz CT molecular complexity index is 1150. The van der Waals surface area contributed by atoms with Gasteiger partial charge in [0.1, 0.15) is 10.6 Å². The number of hydrogen-bond donors (Lipinski definition) is 2. The van der Waals surface area contributed by atoms with Gasteiger partial charge >= 0.3 is 0 Å². The van der Waals surface area contributed by atoms with Gasteiger partial charge in [0.2, 0.25) is 0 Å². The van der Waals surface area contributed by atoms with E-state index in [4.69, 9.17) is 10.00 Å². The third kappa shape index (κ3) is 3.96. The molecule has 1 atom stereocenters. The molecular formula is C24H27N3O3S. The summed E-state index contributed by atoms with van der Waals surface area (Å²) in [6.07, 6.45) is 3.40. The normalized spacial score (nSPS) is 22.0. The van der Waals surface area contributed by atoms with Gasteiger partial charge < -0.3 is 15.4 Å². The van der Waals surface area contributed by atoms with Crippen LogP contribution in [0.2, 0.25) is 0 Å². The summed E-state index contributed by atoms with van der Waals surface area (Å²) in [6.45, 7) is 3.29. The van der Waals surface area contributed by atoms with E-state index < -0.39 is 9.84 Å². The molecule has 5 rings (SSSR count). The van der Waals surface area contributed by atoms with Gasteiger partial charge in [-0.3, -0.25) is 0 Å². The minimum atomic E-state index is -3.31. The number of nitriles is 1. The fraction of sp³-hybridized carbons (Fsp3) is 0.458. The van der Waals surface area contributed by atoms with E-state index in [1.165, 1.54) is 5.56 Å². The molecule has 7 heteroatoms. The van der Waals surface area contributed by atoms with Crippen LogP contribution in [-0.4, -0.2) is 33.9 Å². The van der Waals surface area contributed by atoms with Crippen molar-refractivity contribution in [2.24, 2.45) is 5.92 Å². The van der Waals surface area contributed by atoms with Crippen molar-refractivity contribution in [2.45, 2.75) is 43.2 Å². The molecule has 0 aromatic heterocycles. The first kappa shape index (κ1) is 20.5. The van der Waals surface area contributed by atoms with Crippen molar-refractivity contribution in [2.75, 3.05) is 25.4 Å². The molecule has 2 aromatic carbocycles. The number of benzene rings is 2. The molecule has 0 bridgehead atoms. The Morgan fingerprint density at radius 2 is 2.00 bits per heavy atom. The van der Waals surface area contributed by atoms with E-state index in [9.17, 15) is 8.42 Å². The number of hydrogen-bond acceptors (Lipinski definition) is 6. The van der Waals surface area contributed by atoms with E-state index in [1.807, 2.05) is 30.3 Å². The lowest BCUT2D eigenvalue weighted by molar-refractivity contribution is 0.211. The lowest BCUT2D eigenvalue weighted by Crippen LogP contribution is -2.30. The Balaban J connectivity index is 1.40. The fourth-order valence-electron chi connectivity index (χ4n) is 5.08. The number of sulfone groups is 1. The molecule has 31 heavy (non-hydrogen) atoms. The first-order chi connectivity index (χ1) is 15.0. The Kier molecular flexibility index (Phi) is 5.47. The zero-order valence-electron chi connectivity index (χ0n) is 17.5. The molecule has 0 aliphatic carbocycles. The highest BCUT2D eigenvalue weighted by molar-refractivity contribution is 7.91. The maximum atomic E-state index is 12.8. The number of ether oxygens (including phenoxy) is 1. The summed E-state index contributed by atoms with van der Waals surface area (Å²) in [5.74, 6) is 1.15. The van der Waals surface area contributed by atoms with Crippen molar-refractivity contribution >= 4 is 9.84 Å². The highest BCUT2D eigenvalue weighted by atomic mass is 32.2. The summed E-state index contributed by atoms with van der Waals surface area (Å²) < 4.78 is 31.8. The quantitative estimate of drug-likeness (QED) is 0.747. The number of nitrogens with zero attached hydrogens (tertiary/aromatic N) is 1. The maximum Gasteiger partial charge on any atom is 0.182 e. The molecular weight excluding hydrogens is 410 g/mol. The van der Waals surface area contributed by atoms with Gasteiger partial charge in [0, 0.05) is 12.6 Å². The molecule has 0 amide bonds. The second-order valence-electron chi connectivity index (χ2n) is 8.77. The second-order valence-corrected chi connectivity index (χ2v) is 10.8. The van der Waals surface area contributed by atoms with Crippen LogP contribution < -0.4 is 15.4 Å². The highest BCUT2D eigenvalue weighted by Crippen LogP contribution is 2.39. The molecule has 3 aliphatic rings. The summed E-state index contributed by atoms with van der Waals surface area (Å²) in [5, 5.41) is 16.0. The molecule has 0 spiro atoms. The minimum absolute atomic E-state index is 0.122. The molecule has 1 saturated heterocycles. The molecule has 2 N–H and O–H groups in total. The second kappa shape index (κ2) is 8.27. The molecule has 1 fully saturated rings. The number of fused-ring (bicyclic) bond motifs is 2. The first-order valence-electron chi connectivity index (χ1n) is 11.0. The SMILES string of the molecule is N#Cc1ccc2c(c1)CNC2Cc1ccc(OCC2CCNCC2)c2c1CCS2(=O)=O. The summed E-state index contributed by atoms with van der Waals surface area (Å²) in [5.41, 5.74) is 5.00. The third-order valence-electron chi connectivity index (χ3n) is 6.80. The van der Waals surface area contributed by atoms with Crippen LogP contribution in [0.1, 0.15) is 46.7 Å². The van der Waals surface area contributed by atoms with Crippen molar-refractivity contribution in [1.82, 2.24) is 10.6 Å². The van der Waals surface area contributed by atoms with E-state index >= 15 is 0 Å². The predicted molar refractivity (Wildman–Crippen MR) is 118 cm³/mol. The van der Waals surface area contributed by atoms with Gasteiger partial charge in [-0.25, -0.2) is 8.42 Å². The van der Waals surface area contributed by atoms with Gasteiger partial charge in [-0.05, 0) is 85.1 Å². The molecule has 2 aromatic rings. The van der Waals surface area contributed by atoms with Crippen LogP contribution in [-0.2, 0) is 29.2 Å². The van der Waals surface area contributed by atoms with E-state index in [-0.39, 0.29) is 11.8 Å². The van der Waals surface area contributed by atoms with Gasteiger partial charge in [0.15, 0.2) is 9.84 Å². The van der Waals surface area contributed by atoms with E-state index in [2.05, 4.69) is 16.7 Å².